The largest absolute Gasteiger partial charge is 0.356 e. The Balaban J connectivity index is 1.25. The van der Waals surface area contributed by atoms with E-state index in [1.165, 1.54) is 6.42 Å². The van der Waals surface area contributed by atoms with E-state index in [0.29, 0.717) is 25.3 Å². The highest BCUT2D eigenvalue weighted by Gasteiger charge is 2.49. The average Bonchev–Trinajstić information content (AvgIpc) is 2.95. The fourth-order valence-corrected chi connectivity index (χ4v) is 4.93. The first-order valence-corrected chi connectivity index (χ1v) is 9.91. The van der Waals surface area contributed by atoms with E-state index in [2.05, 4.69) is 15.5 Å². The smallest absolute Gasteiger partial charge is 0.225 e. The maximum Gasteiger partial charge on any atom is 0.225 e. The Labute approximate surface area is 149 Å². The van der Waals surface area contributed by atoms with Crippen molar-refractivity contribution in [3.63, 3.8) is 0 Å². The molecule has 2 saturated heterocycles. The number of carbonyl (C=O) groups excluding carboxylic acids is 3. The SMILES string of the molecule is O=C1C[C@H](CC(=O)NC2CCC23CCN(C(=O)C2CCC2)CC3)CN1. The Bertz CT molecular complexity index is 564. The Kier molecular flexibility index (Phi) is 4.46. The van der Waals surface area contributed by atoms with Gasteiger partial charge >= 0.3 is 0 Å². The van der Waals surface area contributed by atoms with E-state index in [9.17, 15) is 14.4 Å². The summed E-state index contributed by atoms with van der Waals surface area (Å²) in [6.07, 6.45) is 8.48. The van der Waals surface area contributed by atoms with E-state index in [4.69, 9.17) is 0 Å². The standard InChI is InChI=1S/C19H29N3O3/c23-16-10-13(12-20-16)11-17(24)21-15-4-5-19(15)6-8-22(9-7-19)18(25)14-2-1-3-14/h13-15H,1-12H2,(H,20,23)(H,21,24)/t13-,15?/m1/s1. The molecule has 6 nitrogen and oxygen atoms in total. The van der Waals surface area contributed by atoms with Crippen LogP contribution in [0.2, 0.25) is 0 Å². The summed E-state index contributed by atoms with van der Waals surface area (Å²) < 4.78 is 0. The van der Waals surface area contributed by atoms with Gasteiger partial charge in [0.05, 0.1) is 0 Å². The molecule has 0 bridgehead atoms. The van der Waals surface area contributed by atoms with Crippen LogP contribution in [-0.2, 0) is 14.4 Å². The number of piperidine rings is 1. The van der Waals surface area contributed by atoms with Crippen LogP contribution in [0.1, 0.15) is 57.8 Å². The van der Waals surface area contributed by atoms with E-state index in [1.54, 1.807) is 0 Å². The first kappa shape index (κ1) is 16.9. The fraction of sp³-hybridized carbons (Fsp3) is 0.842. The first-order valence-electron chi connectivity index (χ1n) is 9.91. The van der Waals surface area contributed by atoms with Crippen LogP contribution in [0.15, 0.2) is 0 Å². The highest BCUT2D eigenvalue weighted by molar-refractivity contribution is 5.82. The van der Waals surface area contributed by atoms with Gasteiger partial charge in [-0.05, 0) is 49.9 Å². The summed E-state index contributed by atoms with van der Waals surface area (Å²) in [6, 6.07) is 0.256. The monoisotopic (exact) mass is 347 g/mol. The summed E-state index contributed by atoms with van der Waals surface area (Å²) >= 11 is 0. The maximum atomic E-state index is 12.4. The Morgan fingerprint density at radius 2 is 1.92 bits per heavy atom. The normalized spacial score (nSPS) is 31.2. The van der Waals surface area contributed by atoms with Gasteiger partial charge in [0, 0.05) is 44.4 Å². The number of amides is 3. The van der Waals surface area contributed by atoms with Crippen molar-refractivity contribution >= 4 is 17.7 Å². The second-order valence-electron chi connectivity index (χ2n) is 8.55. The van der Waals surface area contributed by atoms with Gasteiger partial charge in [-0.15, -0.1) is 0 Å². The lowest BCUT2D eigenvalue weighted by Gasteiger charge is -2.54. The Morgan fingerprint density at radius 3 is 2.44 bits per heavy atom. The lowest BCUT2D eigenvalue weighted by atomic mass is 9.59. The zero-order valence-electron chi connectivity index (χ0n) is 14.9. The number of nitrogens with one attached hydrogen (secondary N) is 2. The molecule has 6 heteroatoms. The van der Waals surface area contributed by atoms with Gasteiger partial charge in [0.1, 0.15) is 0 Å². The van der Waals surface area contributed by atoms with E-state index in [-0.39, 0.29) is 35.1 Å². The molecule has 0 radical (unpaired) electrons. The summed E-state index contributed by atoms with van der Waals surface area (Å²) in [4.78, 5) is 38.0. The highest BCUT2D eigenvalue weighted by Crippen LogP contribution is 2.49. The molecule has 2 N–H and O–H groups in total. The molecule has 138 valence electrons. The van der Waals surface area contributed by atoms with Crippen molar-refractivity contribution in [2.45, 2.75) is 63.8 Å². The summed E-state index contributed by atoms with van der Waals surface area (Å²) in [5.74, 6) is 0.929. The molecule has 0 aromatic rings. The van der Waals surface area contributed by atoms with Crippen molar-refractivity contribution in [1.82, 2.24) is 15.5 Å². The van der Waals surface area contributed by atoms with Gasteiger partial charge < -0.3 is 15.5 Å². The molecule has 2 saturated carbocycles. The molecule has 0 aromatic carbocycles. The molecule has 4 fully saturated rings. The van der Waals surface area contributed by atoms with Crippen LogP contribution < -0.4 is 10.6 Å². The zero-order chi connectivity index (χ0) is 17.4. The minimum Gasteiger partial charge on any atom is -0.356 e. The van der Waals surface area contributed by atoms with Gasteiger partial charge in [0.2, 0.25) is 17.7 Å². The molecule has 1 spiro atoms. The van der Waals surface area contributed by atoms with Gasteiger partial charge in [-0.2, -0.15) is 0 Å². The van der Waals surface area contributed by atoms with E-state index < -0.39 is 0 Å². The average molecular weight is 347 g/mol. The van der Waals surface area contributed by atoms with E-state index >= 15 is 0 Å². The second kappa shape index (κ2) is 6.61. The number of carbonyl (C=O) groups is 3. The minimum absolute atomic E-state index is 0.0569. The third-order valence-electron chi connectivity index (χ3n) is 7.07. The fourth-order valence-electron chi connectivity index (χ4n) is 4.93. The molecule has 25 heavy (non-hydrogen) atoms. The summed E-state index contributed by atoms with van der Waals surface area (Å²) in [5.41, 5.74) is 0.204. The van der Waals surface area contributed by atoms with Crippen LogP contribution in [0.4, 0.5) is 0 Å². The Hall–Kier alpha value is -1.59. The van der Waals surface area contributed by atoms with Crippen molar-refractivity contribution in [1.29, 1.82) is 0 Å². The molecule has 3 amide bonds. The lowest BCUT2D eigenvalue weighted by molar-refractivity contribution is -0.143. The van der Waals surface area contributed by atoms with Gasteiger partial charge in [-0.3, -0.25) is 14.4 Å². The number of rotatable bonds is 4. The number of hydrogen-bond donors (Lipinski definition) is 2. The Morgan fingerprint density at radius 1 is 1.16 bits per heavy atom. The van der Waals surface area contributed by atoms with Crippen molar-refractivity contribution in [3.05, 3.63) is 0 Å². The second-order valence-corrected chi connectivity index (χ2v) is 8.55. The molecule has 2 heterocycles. The van der Waals surface area contributed by atoms with Crippen LogP contribution >= 0.6 is 0 Å². The van der Waals surface area contributed by atoms with Crippen LogP contribution in [0.5, 0.6) is 0 Å². The molecular weight excluding hydrogens is 318 g/mol. The molecule has 2 aliphatic carbocycles. The lowest BCUT2D eigenvalue weighted by Crippen LogP contribution is -2.60. The minimum atomic E-state index is 0.0569. The summed E-state index contributed by atoms with van der Waals surface area (Å²) in [6.45, 7) is 2.33. The van der Waals surface area contributed by atoms with Gasteiger partial charge in [0.25, 0.3) is 0 Å². The molecule has 4 rings (SSSR count). The van der Waals surface area contributed by atoms with Gasteiger partial charge in [-0.1, -0.05) is 6.42 Å². The number of hydrogen-bond acceptors (Lipinski definition) is 3. The van der Waals surface area contributed by atoms with Crippen molar-refractivity contribution < 1.29 is 14.4 Å². The molecule has 2 aliphatic heterocycles. The van der Waals surface area contributed by atoms with Crippen LogP contribution in [-0.4, -0.2) is 48.3 Å². The third-order valence-corrected chi connectivity index (χ3v) is 7.07. The number of likely N-dealkylation sites (tertiary alicyclic amines) is 1. The molecule has 1 unspecified atom stereocenters. The number of nitrogens with zero attached hydrogens (tertiary/aromatic N) is 1. The third kappa shape index (κ3) is 3.27. The molecule has 0 aromatic heterocycles. The molecule has 4 aliphatic rings. The van der Waals surface area contributed by atoms with Crippen LogP contribution in [0, 0.1) is 17.3 Å². The van der Waals surface area contributed by atoms with Gasteiger partial charge in [0.15, 0.2) is 0 Å². The highest BCUT2D eigenvalue weighted by atomic mass is 16.2. The molecule has 2 atom stereocenters. The van der Waals surface area contributed by atoms with Gasteiger partial charge in [-0.25, -0.2) is 0 Å². The van der Waals surface area contributed by atoms with Crippen LogP contribution in [0.25, 0.3) is 0 Å². The van der Waals surface area contributed by atoms with Crippen molar-refractivity contribution in [3.8, 4) is 0 Å². The first-order chi connectivity index (χ1) is 12.1. The predicted molar refractivity (Wildman–Crippen MR) is 92.5 cm³/mol. The van der Waals surface area contributed by atoms with Crippen molar-refractivity contribution in [2.24, 2.45) is 17.3 Å². The quantitative estimate of drug-likeness (QED) is 0.802. The van der Waals surface area contributed by atoms with Crippen molar-refractivity contribution in [2.75, 3.05) is 19.6 Å². The van der Waals surface area contributed by atoms with Crippen LogP contribution in [0.3, 0.4) is 0 Å². The molecular formula is C19H29N3O3. The zero-order valence-corrected chi connectivity index (χ0v) is 14.9. The predicted octanol–water partition coefficient (Wildman–Crippen LogP) is 1.20. The van der Waals surface area contributed by atoms with E-state index in [0.717, 1.165) is 51.6 Å². The summed E-state index contributed by atoms with van der Waals surface area (Å²) in [7, 11) is 0. The maximum absolute atomic E-state index is 12.4. The van der Waals surface area contributed by atoms with E-state index in [1.807, 2.05) is 0 Å². The topological polar surface area (TPSA) is 78.5 Å². The summed E-state index contributed by atoms with van der Waals surface area (Å²) in [5, 5.41) is 6.02.